The predicted molar refractivity (Wildman–Crippen MR) is 71.9 cm³/mol. The molecule has 0 aromatic rings. The van der Waals surface area contributed by atoms with Crippen LogP contribution in [0.4, 0.5) is 0 Å². The van der Waals surface area contributed by atoms with Gasteiger partial charge in [0.2, 0.25) is 0 Å². The van der Waals surface area contributed by atoms with Crippen LogP contribution in [0.25, 0.3) is 0 Å². The summed E-state index contributed by atoms with van der Waals surface area (Å²) in [6.45, 7) is 5.58. The molecule has 98 valence electrons. The van der Waals surface area contributed by atoms with E-state index in [1.54, 1.807) is 0 Å². The minimum absolute atomic E-state index is 0. The number of likely N-dealkylation sites (N-methyl/N-ethyl adjacent to an activating group) is 1. The molecular weight excluding hydrogens is 247 g/mol. The van der Waals surface area contributed by atoms with Crippen LogP contribution in [-0.2, 0) is 4.74 Å². The lowest BCUT2D eigenvalue weighted by molar-refractivity contribution is 0.0514. The molecule has 5 heteroatoms. The van der Waals surface area contributed by atoms with Gasteiger partial charge in [-0.05, 0) is 38.8 Å². The van der Waals surface area contributed by atoms with Gasteiger partial charge in [0.15, 0.2) is 0 Å². The fourth-order valence-corrected chi connectivity index (χ4v) is 2.50. The van der Waals surface area contributed by atoms with Crippen molar-refractivity contribution in [3.8, 4) is 0 Å². The third kappa shape index (κ3) is 4.76. The van der Waals surface area contributed by atoms with E-state index in [4.69, 9.17) is 4.74 Å². The zero-order chi connectivity index (χ0) is 9.80. The van der Waals surface area contributed by atoms with Crippen molar-refractivity contribution in [3.05, 3.63) is 0 Å². The summed E-state index contributed by atoms with van der Waals surface area (Å²) in [4.78, 5) is 2.54. The molecule has 2 heterocycles. The molecule has 0 bridgehead atoms. The second kappa shape index (κ2) is 8.54. The minimum Gasteiger partial charge on any atom is -0.381 e. The Morgan fingerprint density at radius 2 is 1.88 bits per heavy atom. The molecule has 2 saturated heterocycles. The average Bonchev–Trinajstić information content (AvgIpc) is 2.72. The van der Waals surface area contributed by atoms with Gasteiger partial charge in [0.1, 0.15) is 0 Å². The molecule has 0 spiro atoms. The standard InChI is InChI=1S/C11H22N2O.2ClH/c1-13(11-2-5-12-8-11)9-10-3-6-14-7-4-10;;/h10-12H,2-9H2,1H3;2*1H. The van der Waals surface area contributed by atoms with Gasteiger partial charge in [-0.2, -0.15) is 0 Å². The Morgan fingerprint density at radius 3 is 2.44 bits per heavy atom. The van der Waals surface area contributed by atoms with Crippen LogP contribution < -0.4 is 5.32 Å². The van der Waals surface area contributed by atoms with Gasteiger partial charge in [-0.25, -0.2) is 0 Å². The number of nitrogens with one attached hydrogen (secondary N) is 1. The third-order valence-corrected chi connectivity index (χ3v) is 3.54. The second-order valence-corrected chi connectivity index (χ2v) is 4.64. The summed E-state index contributed by atoms with van der Waals surface area (Å²) in [5.41, 5.74) is 0. The third-order valence-electron chi connectivity index (χ3n) is 3.54. The minimum atomic E-state index is 0. The molecule has 0 saturated carbocycles. The van der Waals surface area contributed by atoms with Crippen molar-refractivity contribution in [2.24, 2.45) is 5.92 Å². The maximum absolute atomic E-state index is 5.38. The molecule has 1 unspecified atom stereocenters. The van der Waals surface area contributed by atoms with Gasteiger partial charge >= 0.3 is 0 Å². The average molecular weight is 271 g/mol. The molecule has 2 aliphatic heterocycles. The highest BCUT2D eigenvalue weighted by molar-refractivity contribution is 5.85. The zero-order valence-electron chi connectivity index (χ0n) is 9.98. The number of hydrogen-bond acceptors (Lipinski definition) is 3. The van der Waals surface area contributed by atoms with Crippen molar-refractivity contribution < 1.29 is 4.74 Å². The second-order valence-electron chi connectivity index (χ2n) is 4.64. The summed E-state index contributed by atoms with van der Waals surface area (Å²) in [5.74, 6) is 0.870. The lowest BCUT2D eigenvalue weighted by atomic mass is 9.99. The predicted octanol–water partition coefficient (Wildman–Crippen LogP) is 1.55. The van der Waals surface area contributed by atoms with Gasteiger partial charge in [-0.1, -0.05) is 0 Å². The summed E-state index contributed by atoms with van der Waals surface area (Å²) >= 11 is 0. The van der Waals surface area contributed by atoms with E-state index in [0.29, 0.717) is 0 Å². The number of halogens is 2. The van der Waals surface area contributed by atoms with E-state index in [2.05, 4.69) is 17.3 Å². The molecule has 2 rings (SSSR count). The number of ether oxygens (including phenoxy) is 1. The van der Waals surface area contributed by atoms with E-state index in [1.165, 1.54) is 38.9 Å². The largest absolute Gasteiger partial charge is 0.381 e. The molecule has 2 fully saturated rings. The van der Waals surface area contributed by atoms with Gasteiger partial charge < -0.3 is 15.0 Å². The summed E-state index contributed by atoms with van der Waals surface area (Å²) in [6.07, 6.45) is 3.83. The van der Waals surface area contributed by atoms with Crippen molar-refractivity contribution in [1.82, 2.24) is 10.2 Å². The maximum atomic E-state index is 5.38. The Labute approximate surface area is 111 Å². The van der Waals surface area contributed by atoms with Gasteiger partial charge in [0, 0.05) is 32.3 Å². The molecule has 16 heavy (non-hydrogen) atoms. The number of nitrogens with zero attached hydrogens (tertiary/aromatic N) is 1. The highest BCUT2D eigenvalue weighted by Gasteiger charge is 2.22. The molecule has 1 atom stereocenters. The Bertz CT molecular complexity index is 171. The summed E-state index contributed by atoms with van der Waals surface area (Å²) in [6, 6.07) is 0.776. The van der Waals surface area contributed by atoms with Crippen molar-refractivity contribution in [2.75, 3.05) is 39.9 Å². The summed E-state index contributed by atoms with van der Waals surface area (Å²) < 4.78 is 5.38. The van der Waals surface area contributed by atoms with Crippen LogP contribution in [0.3, 0.4) is 0 Å². The zero-order valence-corrected chi connectivity index (χ0v) is 11.6. The van der Waals surface area contributed by atoms with Crippen molar-refractivity contribution in [3.63, 3.8) is 0 Å². The van der Waals surface area contributed by atoms with Crippen LogP contribution in [0.15, 0.2) is 0 Å². The maximum Gasteiger partial charge on any atom is 0.0469 e. The number of hydrogen-bond donors (Lipinski definition) is 1. The molecule has 0 amide bonds. The van der Waals surface area contributed by atoms with Crippen molar-refractivity contribution in [1.29, 1.82) is 0 Å². The van der Waals surface area contributed by atoms with Crippen LogP contribution in [0.5, 0.6) is 0 Å². The van der Waals surface area contributed by atoms with E-state index in [-0.39, 0.29) is 24.8 Å². The molecule has 1 N–H and O–H groups in total. The summed E-state index contributed by atoms with van der Waals surface area (Å²) in [7, 11) is 2.27. The molecular formula is C11H24Cl2N2O. The SMILES string of the molecule is CN(CC1CCOCC1)C1CCNC1.Cl.Cl. The van der Waals surface area contributed by atoms with Gasteiger partial charge in [-0.3, -0.25) is 0 Å². The molecule has 0 aromatic heterocycles. The molecule has 0 radical (unpaired) electrons. The Hall–Kier alpha value is 0.460. The first-order valence-electron chi connectivity index (χ1n) is 5.85. The highest BCUT2D eigenvalue weighted by atomic mass is 35.5. The molecule has 3 nitrogen and oxygen atoms in total. The van der Waals surface area contributed by atoms with Gasteiger partial charge in [0.25, 0.3) is 0 Å². The summed E-state index contributed by atoms with van der Waals surface area (Å²) in [5, 5.41) is 3.42. The van der Waals surface area contributed by atoms with E-state index < -0.39 is 0 Å². The van der Waals surface area contributed by atoms with Crippen LogP contribution in [0.1, 0.15) is 19.3 Å². The fraction of sp³-hybridized carbons (Fsp3) is 1.00. The van der Waals surface area contributed by atoms with Crippen molar-refractivity contribution >= 4 is 24.8 Å². The van der Waals surface area contributed by atoms with E-state index in [0.717, 1.165) is 25.2 Å². The molecule has 0 aromatic carbocycles. The van der Waals surface area contributed by atoms with Crippen molar-refractivity contribution in [2.45, 2.75) is 25.3 Å². The van der Waals surface area contributed by atoms with Crippen LogP contribution in [-0.4, -0.2) is 50.8 Å². The van der Waals surface area contributed by atoms with E-state index >= 15 is 0 Å². The Morgan fingerprint density at radius 1 is 1.19 bits per heavy atom. The highest BCUT2D eigenvalue weighted by Crippen LogP contribution is 2.17. The molecule has 2 aliphatic rings. The van der Waals surface area contributed by atoms with E-state index in [9.17, 15) is 0 Å². The quantitative estimate of drug-likeness (QED) is 0.843. The van der Waals surface area contributed by atoms with Crippen LogP contribution in [0.2, 0.25) is 0 Å². The fourth-order valence-electron chi connectivity index (χ4n) is 2.50. The topological polar surface area (TPSA) is 24.5 Å². The molecule has 0 aliphatic carbocycles. The first kappa shape index (κ1) is 16.5. The monoisotopic (exact) mass is 270 g/mol. The van der Waals surface area contributed by atoms with Gasteiger partial charge in [0.05, 0.1) is 0 Å². The first-order valence-corrected chi connectivity index (χ1v) is 5.85. The first-order chi connectivity index (χ1) is 6.86. The lowest BCUT2D eigenvalue weighted by Gasteiger charge is -2.30. The van der Waals surface area contributed by atoms with Crippen LogP contribution in [0, 0.1) is 5.92 Å². The van der Waals surface area contributed by atoms with Gasteiger partial charge in [-0.15, -0.1) is 24.8 Å². The van der Waals surface area contributed by atoms with E-state index in [1.807, 2.05) is 0 Å². The van der Waals surface area contributed by atoms with Crippen LogP contribution >= 0.6 is 24.8 Å². The number of rotatable bonds is 3. The smallest absolute Gasteiger partial charge is 0.0469 e. The lowest BCUT2D eigenvalue weighted by Crippen LogP contribution is -2.38. The Balaban J connectivity index is 0.00000112. The normalized spacial score (nSPS) is 26.2. The Kier molecular flexibility index (Phi) is 8.78.